The molecule has 0 aliphatic rings. The Bertz CT molecular complexity index is 628. The highest BCUT2D eigenvalue weighted by Gasteiger charge is 2.11. The van der Waals surface area contributed by atoms with Gasteiger partial charge in [0.2, 0.25) is 5.91 Å². The third-order valence-electron chi connectivity index (χ3n) is 3.68. The highest BCUT2D eigenvalue weighted by molar-refractivity contribution is 5.78. The SMILES string of the molecule is COc1cccc(CN(C)CC(=O)NC(C)c2ccccc2)c1. The van der Waals surface area contributed by atoms with Gasteiger partial charge in [-0.3, -0.25) is 9.69 Å². The van der Waals surface area contributed by atoms with Crippen molar-refractivity contribution in [1.82, 2.24) is 10.2 Å². The average molecular weight is 312 g/mol. The molecule has 0 aromatic heterocycles. The monoisotopic (exact) mass is 312 g/mol. The normalized spacial score (nSPS) is 12.0. The summed E-state index contributed by atoms with van der Waals surface area (Å²) in [4.78, 5) is 14.2. The van der Waals surface area contributed by atoms with Crippen LogP contribution in [0.2, 0.25) is 0 Å². The predicted octanol–water partition coefficient (Wildman–Crippen LogP) is 3.00. The third kappa shape index (κ3) is 5.42. The number of nitrogens with zero attached hydrogens (tertiary/aromatic N) is 1. The molecule has 0 radical (unpaired) electrons. The van der Waals surface area contributed by atoms with E-state index in [4.69, 9.17) is 4.74 Å². The Morgan fingerprint density at radius 2 is 1.91 bits per heavy atom. The highest BCUT2D eigenvalue weighted by atomic mass is 16.5. The molecule has 0 aliphatic heterocycles. The second kappa shape index (κ2) is 8.34. The number of benzene rings is 2. The van der Waals surface area contributed by atoms with Crippen LogP contribution in [0.1, 0.15) is 24.1 Å². The van der Waals surface area contributed by atoms with Crippen molar-refractivity contribution in [2.75, 3.05) is 20.7 Å². The Hall–Kier alpha value is -2.33. The molecule has 4 nitrogen and oxygen atoms in total. The second-order valence-electron chi connectivity index (χ2n) is 5.72. The lowest BCUT2D eigenvalue weighted by Gasteiger charge is -2.19. The number of hydrogen-bond acceptors (Lipinski definition) is 3. The topological polar surface area (TPSA) is 41.6 Å². The van der Waals surface area contributed by atoms with Crippen LogP contribution in [0.3, 0.4) is 0 Å². The van der Waals surface area contributed by atoms with Gasteiger partial charge in [0.1, 0.15) is 5.75 Å². The maximum atomic E-state index is 12.2. The minimum absolute atomic E-state index is 0.00826. The molecular weight excluding hydrogens is 288 g/mol. The van der Waals surface area contributed by atoms with Crippen LogP contribution in [0, 0.1) is 0 Å². The number of nitrogens with one attached hydrogen (secondary N) is 1. The smallest absolute Gasteiger partial charge is 0.234 e. The van der Waals surface area contributed by atoms with E-state index in [1.165, 1.54) is 0 Å². The van der Waals surface area contributed by atoms with Gasteiger partial charge in [-0.25, -0.2) is 0 Å². The van der Waals surface area contributed by atoms with E-state index in [0.29, 0.717) is 13.1 Å². The number of hydrogen-bond donors (Lipinski definition) is 1. The maximum Gasteiger partial charge on any atom is 0.234 e. The molecule has 1 atom stereocenters. The molecule has 122 valence electrons. The number of likely N-dealkylation sites (N-methyl/N-ethyl adjacent to an activating group) is 1. The molecule has 0 saturated heterocycles. The summed E-state index contributed by atoms with van der Waals surface area (Å²) >= 11 is 0. The summed E-state index contributed by atoms with van der Waals surface area (Å²) in [7, 11) is 3.59. The number of carbonyl (C=O) groups excluding carboxylic acids is 1. The Morgan fingerprint density at radius 3 is 2.61 bits per heavy atom. The minimum Gasteiger partial charge on any atom is -0.497 e. The standard InChI is InChI=1S/C19H24N2O2/c1-15(17-9-5-4-6-10-17)20-19(22)14-21(2)13-16-8-7-11-18(12-16)23-3/h4-12,15H,13-14H2,1-3H3,(H,20,22). The Balaban J connectivity index is 1.84. The molecule has 2 rings (SSSR count). The fourth-order valence-corrected chi connectivity index (χ4v) is 2.50. The second-order valence-corrected chi connectivity index (χ2v) is 5.72. The lowest BCUT2D eigenvalue weighted by molar-refractivity contribution is -0.122. The molecule has 1 unspecified atom stereocenters. The van der Waals surface area contributed by atoms with Gasteiger partial charge in [-0.2, -0.15) is 0 Å². The van der Waals surface area contributed by atoms with Gasteiger partial charge < -0.3 is 10.1 Å². The molecule has 1 N–H and O–H groups in total. The van der Waals surface area contributed by atoms with Crippen molar-refractivity contribution >= 4 is 5.91 Å². The average Bonchev–Trinajstić information content (AvgIpc) is 2.55. The van der Waals surface area contributed by atoms with Gasteiger partial charge in [-0.1, -0.05) is 42.5 Å². The van der Waals surface area contributed by atoms with Crippen LogP contribution in [-0.4, -0.2) is 31.5 Å². The summed E-state index contributed by atoms with van der Waals surface area (Å²) in [5.41, 5.74) is 2.23. The van der Waals surface area contributed by atoms with Crippen molar-refractivity contribution in [3.05, 3.63) is 65.7 Å². The van der Waals surface area contributed by atoms with Crippen LogP contribution in [0.4, 0.5) is 0 Å². The van der Waals surface area contributed by atoms with Gasteiger partial charge in [0.05, 0.1) is 19.7 Å². The van der Waals surface area contributed by atoms with Crippen molar-refractivity contribution in [2.24, 2.45) is 0 Å². The minimum atomic E-state index is 0.00826. The number of rotatable bonds is 7. The van der Waals surface area contributed by atoms with Gasteiger partial charge in [0.25, 0.3) is 0 Å². The van der Waals surface area contributed by atoms with Crippen LogP contribution in [0.15, 0.2) is 54.6 Å². The molecule has 0 fully saturated rings. The molecule has 0 aliphatic carbocycles. The summed E-state index contributed by atoms with van der Waals surface area (Å²) < 4.78 is 5.22. The van der Waals surface area contributed by atoms with Crippen LogP contribution in [0.5, 0.6) is 5.75 Å². The fraction of sp³-hybridized carbons (Fsp3) is 0.316. The van der Waals surface area contributed by atoms with E-state index in [9.17, 15) is 4.79 Å². The summed E-state index contributed by atoms with van der Waals surface area (Å²) in [6.07, 6.45) is 0. The lowest BCUT2D eigenvalue weighted by Crippen LogP contribution is -2.36. The van der Waals surface area contributed by atoms with Crippen molar-refractivity contribution in [1.29, 1.82) is 0 Å². The summed E-state index contributed by atoms with van der Waals surface area (Å²) in [5, 5.41) is 3.03. The van der Waals surface area contributed by atoms with Gasteiger partial charge in [0, 0.05) is 6.54 Å². The molecule has 0 heterocycles. The van der Waals surface area contributed by atoms with Crippen molar-refractivity contribution in [3.63, 3.8) is 0 Å². The van der Waals surface area contributed by atoms with Gasteiger partial charge in [0.15, 0.2) is 0 Å². The number of amides is 1. The van der Waals surface area contributed by atoms with Crippen LogP contribution >= 0.6 is 0 Å². The Kier molecular flexibility index (Phi) is 6.18. The van der Waals surface area contributed by atoms with E-state index < -0.39 is 0 Å². The largest absolute Gasteiger partial charge is 0.497 e. The highest BCUT2D eigenvalue weighted by Crippen LogP contribution is 2.14. The fourth-order valence-electron chi connectivity index (χ4n) is 2.50. The van der Waals surface area contributed by atoms with E-state index in [-0.39, 0.29) is 11.9 Å². The molecule has 0 spiro atoms. The van der Waals surface area contributed by atoms with E-state index in [0.717, 1.165) is 16.9 Å². The summed E-state index contributed by atoms with van der Waals surface area (Å²) in [5.74, 6) is 0.852. The molecule has 0 saturated carbocycles. The zero-order chi connectivity index (χ0) is 16.7. The Morgan fingerprint density at radius 1 is 1.17 bits per heavy atom. The first-order valence-electron chi connectivity index (χ1n) is 7.74. The molecular formula is C19H24N2O2. The van der Waals surface area contributed by atoms with Gasteiger partial charge >= 0.3 is 0 Å². The molecule has 1 amide bonds. The number of carbonyl (C=O) groups is 1. The van der Waals surface area contributed by atoms with Gasteiger partial charge in [-0.05, 0) is 37.2 Å². The first kappa shape index (κ1) is 17.0. The first-order chi connectivity index (χ1) is 11.1. The first-order valence-corrected chi connectivity index (χ1v) is 7.74. The molecule has 23 heavy (non-hydrogen) atoms. The van der Waals surface area contributed by atoms with E-state index in [1.54, 1.807) is 7.11 Å². The third-order valence-corrected chi connectivity index (χ3v) is 3.68. The Labute approximate surface area is 138 Å². The van der Waals surface area contributed by atoms with Crippen molar-refractivity contribution in [3.8, 4) is 5.75 Å². The number of methoxy groups -OCH3 is 1. The van der Waals surface area contributed by atoms with Crippen LogP contribution in [-0.2, 0) is 11.3 Å². The van der Waals surface area contributed by atoms with E-state index in [1.807, 2.05) is 73.5 Å². The van der Waals surface area contributed by atoms with Crippen molar-refractivity contribution in [2.45, 2.75) is 19.5 Å². The molecule has 0 bridgehead atoms. The number of ether oxygens (including phenoxy) is 1. The lowest BCUT2D eigenvalue weighted by atomic mass is 10.1. The maximum absolute atomic E-state index is 12.2. The van der Waals surface area contributed by atoms with Crippen molar-refractivity contribution < 1.29 is 9.53 Å². The molecule has 2 aromatic rings. The van der Waals surface area contributed by atoms with E-state index in [2.05, 4.69) is 5.32 Å². The predicted molar refractivity (Wildman–Crippen MR) is 92.3 cm³/mol. The zero-order valence-corrected chi connectivity index (χ0v) is 14.0. The zero-order valence-electron chi connectivity index (χ0n) is 14.0. The summed E-state index contributed by atoms with van der Waals surface area (Å²) in [6, 6.07) is 17.9. The van der Waals surface area contributed by atoms with Crippen LogP contribution in [0.25, 0.3) is 0 Å². The van der Waals surface area contributed by atoms with Gasteiger partial charge in [-0.15, -0.1) is 0 Å². The molecule has 4 heteroatoms. The van der Waals surface area contributed by atoms with E-state index >= 15 is 0 Å². The molecule has 2 aromatic carbocycles. The quantitative estimate of drug-likeness (QED) is 0.854. The summed E-state index contributed by atoms with van der Waals surface area (Å²) in [6.45, 7) is 3.05. The van der Waals surface area contributed by atoms with Crippen LogP contribution < -0.4 is 10.1 Å².